The van der Waals surface area contributed by atoms with E-state index in [2.05, 4.69) is 28.9 Å². The molecular weight excluding hydrogens is 338 g/mol. The molecule has 2 rings (SSSR count). The average Bonchev–Trinajstić information content (AvgIpc) is 2.46. The van der Waals surface area contributed by atoms with Crippen LogP contribution in [0.25, 0.3) is 0 Å². The molecule has 4 heteroatoms. The molecule has 20 heavy (non-hydrogen) atoms. The first kappa shape index (κ1) is 15.8. The molecule has 0 saturated heterocycles. The van der Waals surface area contributed by atoms with Crippen molar-refractivity contribution >= 4 is 27.5 Å². The van der Waals surface area contributed by atoms with Crippen LogP contribution in [0.4, 0.5) is 0 Å². The van der Waals surface area contributed by atoms with Crippen LogP contribution in [-0.4, -0.2) is 5.11 Å². The zero-order valence-electron chi connectivity index (χ0n) is 11.6. The van der Waals surface area contributed by atoms with Crippen LogP contribution in [0.1, 0.15) is 50.7 Å². The van der Waals surface area contributed by atoms with Crippen LogP contribution < -0.4 is 0 Å². The number of nitrogens with zero attached hydrogens (tertiary/aromatic N) is 1. The first-order chi connectivity index (χ1) is 9.52. The van der Waals surface area contributed by atoms with Gasteiger partial charge in [0.05, 0.1) is 17.6 Å². The Kier molecular flexibility index (Phi) is 5.12. The van der Waals surface area contributed by atoms with Crippen LogP contribution in [0.3, 0.4) is 0 Å². The van der Waals surface area contributed by atoms with Crippen molar-refractivity contribution in [2.75, 3.05) is 0 Å². The summed E-state index contributed by atoms with van der Waals surface area (Å²) in [7, 11) is 0. The van der Waals surface area contributed by atoms with Crippen molar-refractivity contribution in [3.8, 4) is 6.07 Å². The second-order valence-electron chi connectivity index (χ2n) is 5.69. The molecule has 0 aliphatic heterocycles. The Morgan fingerprint density at radius 1 is 1.50 bits per heavy atom. The van der Waals surface area contributed by atoms with Gasteiger partial charge < -0.3 is 5.11 Å². The van der Waals surface area contributed by atoms with Gasteiger partial charge in [-0.05, 0) is 43.7 Å². The molecule has 1 fully saturated rings. The lowest BCUT2D eigenvalue weighted by molar-refractivity contribution is 0.0243. The Hall–Kier alpha value is -0.560. The van der Waals surface area contributed by atoms with E-state index in [0.29, 0.717) is 16.5 Å². The fourth-order valence-corrected chi connectivity index (χ4v) is 3.85. The molecule has 1 aliphatic rings. The summed E-state index contributed by atoms with van der Waals surface area (Å²) in [6.07, 6.45) is 3.85. The fourth-order valence-electron chi connectivity index (χ4n) is 3.07. The van der Waals surface area contributed by atoms with E-state index in [0.717, 1.165) is 36.6 Å². The molecule has 1 saturated carbocycles. The summed E-state index contributed by atoms with van der Waals surface area (Å²) in [4.78, 5) is 0. The van der Waals surface area contributed by atoms with Crippen LogP contribution >= 0.6 is 27.5 Å². The Bertz CT molecular complexity index is 518. The second-order valence-corrected chi connectivity index (χ2v) is 7.01. The van der Waals surface area contributed by atoms with E-state index in [4.69, 9.17) is 11.6 Å². The molecule has 0 spiro atoms. The van der Waals surface area contributed by atoms with Gasteiger partial charge in [0.15, 0.2) is 0 Å². The summed E-state index contributed by atoms with van der Waals surface area (Å²) in [5.41, 5.74) is -0.0327. The van der Waals surface area contributed by atoms with Gasteiger partial charge in [0.2, 0.25) is 0 Å². The van der Waals surface area contributed by atoms with E-state index in [1.54, 1.807) is 6.07 Å². The quantitative estimate of drug-likeness (QED) is 0.804. The first-order valence-electron chi connectivity index (χ1n) is 7.06. The number of hydrogen-bond donors (Lipinski definition) is 1. The highest BCUT2D eigenvalue weighted by molar-refractivity contribution is 9.10. The van der Waals surface area contributed by atoms with E-state index in [1.165, 1.54) is 0 Å². The summed E-state index contributed by atoms with van der Waals surface area (Å²) in [5.74, 6) is 0.684. The van der Waals surface area contributed by atoms with Crippen LogP contribution in [0.5, 0.6) is 0 Å². The third kappa shape index (κ3) is 3.03. The number of aliphatic hydroxyl groups is 1. The van der Waals surface area contributed by atoms with Gasteiger partial charge in [-0.25, -0.2) is 0 Å². The standard InChI is InChI=1S/C16H19BrClNO/c1-2-11-5-7-16(10-19,8-6-11)15(20)13-4-3-12(17)9-14(13)18/h3-4,9,11,15,20H,2,5-8H2,1H3. The van der Waals surface area contributed by atoms with Gasteiger partial charge in [0.25, 0.3) is 0 Å². The highest BCUT2D eigenvalue weighted by Gasteiger charge is 2.42. The van der Waals surface area contributed by atoms with Crippen molar-refractivity contribution in [2.45, 2.75) is 45.1 Å². The molecular formula is C16H19BrClNO. The number of nitriles is 1. The molecule has 0 radical (unpaired) electrons. The lowest BCUT2D eigenvalue weighted by Crippen LogP contribution is -2.32. The van der Waals surface area contributed by atoms with Gasteiger partial charge in [-0.15, -0.1) is 0 Å². The van der Waals surface area contributed by atoms with Gasteiger partial charge >= 0.3 is 0 Å². The average molecular weight is 357 g/mol. The summed E-state index contributed by atoms with van der Waals surface area (Å²) in [6, 6.07) is 7.81. The summed E-state index contributed by atoms with van der Waals surface area (Å²) >= 11 is 9.58. The van der Waals surface area contributed by atoms with Crippen LogP contribution in [-0.2, 0) is 0 Å². The van der Waals surface area contributed by atoms with Gasteiger partial charge in [-0.3, -0.25) is 0 Å². The summed E-state index contributed by atoms with van der Waals surface area (Å²) in [6.45, 7) is 2.19. The van der Waals surface area contributed by atoms with Crippen LogP contribution in [0, 0.1) is 22.7 Å². The van der Waals surface area contributed by atoms with Gasteiger partial charge in [0.1, 0.15) is 0 Å². The molecule has 1 unspecified atom stereocenters. The highest BCUT2D eigenvalue weighted by atomic mass is 79.9. The molecule has 0 aromatic heterocycles. The number of benzene rings is 1. The largest absolute Gasteiger partial charge is 0.387 e. The van der Waals surface area contributed by atoms with Crippen molar-refractivity contribution in [3.63, 3.8) is 0 Å². The van der Waals surface area contributed by atoms with E-state index in [-0.39, 0.29) is 0 Å². The predicted octanol–water partition coefficient (Wildman–Crippen LogP) is 5.25. The molecule has 1 aromatic rings. The molecule has 1 atom stereocenters. The Morgan fingerprint density at radius 2 is 2.15 bits per heavy atom. The first-order valence-corrected chi connectivity index (χ1v) is 8.24. The Labute approximate surface area is 133 Å². The Morgan fingerprint density at radius 3 is 2.65 bits per heavy atom. The maximum absolute atomic E-state index is 10.7. The molecule has 1 aliphatic carbocycles. The third-order valence-corrected chi connectivity index (χ3v) is 5.40. The Balaban J connectivity index is 2.26. The number of aliphatic hydroxyl groups excluding tert-OH is 1. The molecule has 1 aromatic carbocycles. The molecule has 0 heterocycles. The number of hydrogen-bond acceptors (Lipinski definition) is 2. The predicted molar refractivity (Wildman–Crippen MR) is 84.4 cm³/mol. The molecule has 2 nitrogen and oxygen atoms in total. The third-order valence-electron chi connectivity index (χ3n) is 4.58. The van der Waals surface area contributed by atoms with Crippen molar-refractivity contribution < 1.29 is 5.11 Å². The van der Waals surface area contributed by atoms with E-state index >= 15 is 0 Å². The molecule has 108 valence electrons. The molecule has 0 bridgehead atoms. The number of halogens is 2. The smallest absolute Gasteiger partial charge is 0.0990 e. The maximum Gasteiger partial charge on any atom is 0.0990 e. The molecule has 1 N–H and O–H groups in total. The van der Waals surface area contributed by atoms with Gasteiger partial charge in [-0.2, -0.15) is 5.26 Å². The fraction of sp³-hybridized carbons (Fsp3) is 0.562. The highest BCUT2D eigenvalue weighted by Crippen LogP contribution is 2.49. The topological polar surface area (TPSA) is 44.0 Å². The monoisotopic (exact) mass is 355 g/mol. The minimum absolute atomic E-state index is 0.513. The van der Waals surface area contributed by atoms with Crippen LogP contribution in [0.2, 0.25) is 5.02 Å². The lowest BCUT2D eigenvalue weighted by atomic mass is 9.66. The zero-order valence-corrected chi connectivity index (χ0v) is 13.9. The summed E-state index contributed by atoms with van der Waals surface area (Å²) in [5, 5.41) is 20.8. The van der Waals surface area contributed by atoms with Crippen molar-refractivity contribution in [1.29, 1.82) is 5.26 Å². The van der Waals surface area contributed by atoms with Crippen molar-refractivity contribution in [3.05, 3.63) is 33.3 Å². The second kappa shape index (κ2) is 6.47. The maximum atomic E-state index is 10.7. The van der Waals surface area contributed by atoms with Crippen LogP contribution in [0.15, 0.2) is 22.7 Å². The lowest BCUT2D eigenvalue weighted by Gasteiger charge is -2.38. The van der Waals surface area contributed by atoms with Crippen molar-refractivity contribution in [2.24, 2.45) is 11.3 Å². The minimum atomic E-state index is -0.814. The van der Waals surface area contributed by atoms with E-state index < -0.39 is 11.5 Å². The van der Waals surface area contributed by atoms with Crippen molar-refractivity contribution in [1.82, 2.24) is 0 Å². The molecule has 0 amide bonds. The zero-order chi connectivity index (χ0) is 14.8. The summed E-state index contributed by atoms with van der Waals surface area (Å²) < 4.78 is 0.874. The van der Waals surface area contributed by atoms with E-state index in [9.17, 15) is 10.4 Å². The van der Waals surface area contributed by atoms with E-state index in [1.807, 2.05) is 12.1 Å². The van der Waals surface area contributed by atoms with Gasteiger partial charge in [0, 0.05) is 15.1 Å². The SMILES string of the molecule is CCC1CCC(C#N)(C(O)c2ccc(Br)cc2Cl)CC1. The van der Waals surface area contributed by atoms with Gasteiger partial charge in [-0.1, -0.05) is 46.9 Å². The minimum Gasteiger partial charge on any atom is -0.387 e. The normalized spacial score (nSPS) is 27.9. The number of rotatable bonds is 3.